The molecule has 1 aromatic heterocycles. The van der Waals surface area contributed by atoms with Gasteiger partial charge in [0.15, 0.2) is 6.10 Å². The summed E-state index contributed by atoms with van der Waals surface area (Å²) in [7, 11) is 2.03. The van der Waals surface area contributed by atoms with Gasteiger partial charge in [-0.15, -0.1) is 0 Å². The molecule has 3 rings (SSSR count). The Kier molecular flexibility index (Phi) is 3.54. The minimum atomic E-state index is -4.63. The second-order valence-electron chi connectivity index (χ2n) is 5.94. The van der Waals surface area contributed by atoms with E-state index in [0.29, 0.717) is 13.1 Å². The van der Waals surface area contributed by atoms with E-state index in [4.69, 9.17) is 0 Å². The monoisotopic (exact) mass is 303 g/mol. The standard InChI is InChI=1S/C14H20F3N3O/c1-19-8-9-20-10(12(21)14(15,16)17)2-3-11(20)13(19)4-6-18-7-5-13/h2-3,12,18,21H,4-9H2,1H3. The Morgan fingerprint density at radius 2 is 1.90 bits per heavy atom. The Labute approximate surface area is 121 Å². The van der Waals surface area contributed by atoms with Crippen LogP contribution in [0.2, 0.25) is 0 Å². The molecule has 1 fully saturated rings. The van der Waals surface area contributed by atoms with Gasteiger partial charge in [-0.2, -0.15) is 13.2 Å². The number of hydrogen-bond donors (Lipinski definition) is 2. The van der Waals surface area contributed by atoms with Crippen LogP contribution in [0.3, 0.4) is 0 Å². The fourth-order valence-electron chi connectivity index (χ4n) is 3.68. The van der Waals surface area contributed by atoms with Gasteiger partial charge in [-0.25, -0.2) is 0 Å². The Hall–Kier alpha value is -1.05. The summed E-state index contributed by atoms with van der Waals surface area (Å²) in [4.78, 5) is 2.24. The number of nitrogens with zero attached hydrogens (tertiary/aromatic N) is 2. The van der Waals surface area contributed by atoms with Gasteiger partial charge in [-0.1, -0.05) is 0 Å². The Balaban J connectivity index is 2.03. The lowest BCUT2D eigenvalue weighted by molar-refractivity contribution is -0.209. The first-order valence-corrected chi connectivity index (χ1v) is 7.23. The number of aromatic nitrogens is 1. The van der Waals surface area contributed by atoms with Gasteiger partial charge in [-0.3, -0.25) is 4.90 Å². The van der Waals surface area contributed by atoms with E-state index >= 15 is 0 Å². The summed E-state index contributed by atoms with van der Waals surface area (Å²) in [6, 6.07) is 3.18. The van der Waals surface area contributed by atoms with Gasteiger partial charge in [0.05, 0.1) is 11.2 Å². The van der Waals surface area contributed by atoms with E-state index < -0.39 is 12.3 Å². The molecule has 0 bridgehead atoms. The van der Waals surface area contributed by atoms with Crippen molar-refractivity contribution in [1.82, 2.24) is 14.8 Å². The largest absolute Gasteiger partial charge is 0.420 e. The Bertz CT molecular complexity index is 520. The molecule has 2 aliphatic rings. The summed E-state index contributed by atoms with van der Waals surface area (Å²) >= 11 is 0. The number of aliphatic hydroxyl groups excluding tert-OH is 1. The van der Waals surface area contributed by atoms with Crippen molar-refractivity contribution in [2.45, 2.75) is 37.2 Å². The number of likely N-dealkylation sites (N-methyl/N-ethyl adjacent to an activating group) is 1. The van der Waals surface area contributed by atoms with Crippen LogP contribution in [0.25, 0.3) is 0 Å². The molecule has 1 atom stereocenters. The van der Waals surface area contributed by atoms with E-state index in [0.717, 1.165) is 31.6 Å². The molecule has 0 aromatic carbocycles. The summed E-state index contributed by atoms with van der Waals surface area (Å²) in [5.74, 6) is 0. The number of piperidine rings is 1. The van der Waals surface area contributed by atoms with Crippen LogP contribution in [-0.2, 0) is 12.1 Å². The number of aliphatic hydroxyl groups is 1. The smallest absolute Gasteiger partial charge is 0.378 e. The van der Waals surface area contributed by atoms with Crippen molar-refractivity contribution >= 4 is 0 Å². The second-order valence-corrected chi connectivity index (χ2v) is 5.94. The quantitative estimate of drug-likeness (QED) is 0.828. The molecule has 0 saturated carbocycles. The van der Waals surface area contributed by atoms with Gasteiger partial charge in [0, 0.05) is 18.8 Å². The van der Waals surface area contributed by atoms with E-state index in [1.807, 2.05) is 7.05 Å². The highest BCUT2D eigenvalue weighted by Crippen LogP contribution is 2.42. The second kappa shape index (κ2) is 5.00. The molecule has 1 aromatic rings. The van der Waals surface area contributed by atoms with E-state index in [1.165, 1.54) is 6.07 Å². The van der Waals surface area contributed by atoms with Gasteiger partial charge >= 0.3 is 6.18 Å². The van der Waals surface area contributed by atoms with Crippen LogP contribution in [0, 0.1) is 0 Å². The third kappa shape index (κ3) is 2.27. The molecule has 1 spiro atoms. The zero-order chi connectivity index (χ0) is 15.3. The van der Waals surface area contributed by atoms with Gasteiger partial charge in [0.1, 0.15) is 0 Å². The zero-order valence-corrected chi connectivity index (χ0v) is 12.0. The molecule has 21 heavy (non-hydrogen) atoms. The molecule has 0 radical (unpaired) electrons. The Morgan fingerprint density at radius 1 is 1.24 bits per heavy atom. The molecular weight excluding hydrogens is 283 g/mol. The third-order valence-corrected chi connectivity index (χ3v) is 4.90. The van der Waals surface area contributed by atoms with Crippen molar-refractivity contribution in [3.8, 4) is 0 Å². The highest BCUT2D eigenvalue weighted by atomic mass is 19.4. The normalized spacial score (nSPS) is 24.0. The highest BCUT2D eigenvalue weighted by Gasteiger charge is 2.46. The van der Waals surface area contributed by atoms with Gasteiger partial charge < -0.3 is 15.0 Å². The SMILES string of the molecule is CN1CCn2c(C(O)C(F)(F)F)ccc2C12CCNCC2. The topological polar surface area (TPSA) is 40.4 Å². The van der Waals surface area contributed by atoms with Crippen molar-refractivity contribution in [1.29, 1.82) is 0 Å². The molecule has 4 nitrogen and oxygen atoms in total. The van der Waals surface area contributed by atoms with Crippen LogP contribution in [0.1, 0.15) is 30.3 Å². The number of nitrogens with one attached hydrogen (secondary N) is 1. The Morgan fingerprint density at radius 3 is 2.52 bits per heavy atom. The highest BCUT2D eigenvalue weighted by molar-refractivity contribution is 5.28. The fourth-order valence-corrected chi connectivity index (χ4v) is 3.68. The maximum atomic E-state index is 12.8. The third-order valence-electron chi connectivity index (χ3n) is 4.90. The maximum Gasteiger partial charge on any atom is 0.420 e. The van der Waals surface area contributed by atoms with Crippen LogP contribution in [0.4, 0.5) is 13.2 Å². The van der Waals surface area contributed by atoms with Crippen LogP contribution in [-0.4, -0.2) is 47.4 Å². The van der Waals surface area contributed by atoms with Crippen molar-refractivity contribution in [2.75, 3.05) is 26.7 Å². The summed E-state index contributed by atoms with van der Waals surface area (Å²) in [5.41, 5.74) is 0.645. The molecule has 2 aliphatic heterocycles. The van der Waals surface area contributed by atoms with Crippen molar-refractivity contribution in [3.05, 3.63) is 23.5 Å². The average molecular weight is 303 g/mol. The summed E-state index contributed by atoms with van der Waals surface area (Å²) < 4.78 is 40.1. The van der Waals surface area contributed by atoms with Crippen LogP contribution in [0.15, 0.2) is 12.1 Å². The predicted molar refractivity (Wildman–Crippen MR) is 71.9 cm³/mol. The minimum Gasteiger partial charge on any atom is -0.378 e. The lowest BCUT2D eigenvalue weighted by Crippen LogP contribution is -2.55. The van der Waals surface area contributed by atoms with Crippen LogP contribution < -0.4 is 5.32 Å². The molecule has 1 saturated heterocycles. The molecular formula is C14H20F3N3O. The molecule has 7 heteroatoms. The number of halogens is 3. The number of rotatable bonds is 1. The lowest BCUT2D eigenvalue weighted by atomic mass is 9.82. The first kappa shape index (κ1) is 14.9. The van der Waals surface area contributed by atoms with E-state index in [-0.39, 0.29) is 11.2 Å². The van der Waals surface area contributed by atoms with E-state index in [1.54, 1.807) is 10.6 Å². The molecule has 2 N–H and O–H groups in total. The average Bonchev–Trinajstić information content (AvgIpc) is 2.87. The summed E-state index contributed by atoms with van der Waals surface area (Å²) in [6.45, 7) is 2.88. The molecule has 0 amide bonds. The summed E-state index contributed by atoms with van der Waals surface area (Å²) in [6.07, 6.45) is -5.29. The molecule has 1 unspecified atom stereocenters. The number of alkyl halides is 3. The van der Waals surface area contributed by atoms with Crippen LogP contribution in [0.5, 0.6) is 0 Å². The van der Waals surface area contributed by atoms with Crippen LogP contribution >= 0.6 is 0 Å². The first-order valence-electron chi connectivity index (χ1n) is 7.23. The first-order chi connectivity index (χ1) is 9.86. The molecule has 118 valence electrons. The van der Waals surface area contributed by atoms with Crippen molar-refractivity contribution < 1.29 is 18.3 Å². The number of fused-ring (bicyclic) bond motifs is 2. The van der Waals surface area contributed by atoms with Gasteiger partial charge in [-0.05, 0) is 45.1 Å². The lowest BCUT2D eigenvalue weighted by Gasteiger charge is -2.49. The van der Waals surface area contributed by atoms with E-state index in [2.05, 4.69) is 10.2 Å². The van der Waals surface area contributed by atoms with Crippen molar-refractivity contribution in [3.63, 3.8) is 0 Å². The zero-order valence-electron chi connectivity index (χ0n) is 12.0. The minimum absolute atomic E-state index is 0.0384. The van der Waals surface area contributed by atoms with E-state index in [9.17, 15) is 18.3 Å². The van der Waals surface area contributed by atoms with Gasteiger partial charge in [0.2, 0.25) is 0 Å². The fraction of sp³-hybridized carbons (Fsp3) is 0.714. The van der Waals surface area contributed by atoms with Crippen molar-refractivity contribution in [2.24, 2.45) is 0 Å². The molecule has 0 aliphatic carbocycles. The predicted octanol–water partition coefficient (Wildman–Crippen LogP) is 1.61. The molecule has 3 heterocycles. The summed E-state index contributed by atoms with van der Waals surface area (Å²) in [5, 5.41) is 12.9. The maximum absolute atomic E-state index is 12.8. The number of hydrogen-bond acceptors (Lipinski definition) is 3. The van der Waals surface area contributed by atoms with Gasteiger partial charge in [0.25, 0.3) is 0 Å².